The first-order valence-electron chi connectivity index (χ1n) is 10.6. The van der Waals surface area contributed by atoms with Gasteiger partial charge in [0.25, 0.3) is 0 Å². The van der Waals surface area contributed by atoms with Crippen molar-refractivity contribution in [3.05, 3.63) is 66.2 Å². The summed E-state index contributed by atoms with van der Waals surface area (Å²) >= 11 is 0. The van der Waals surface area contributed by atoms with Crippen molar-refractivity contribution >= 4 is 11.8 Å². The maximum absolute atomic E-state index is 14.5. The Bertz CT molecular complexity index is 1110. The molecule has 1 aromatic heterocycles. The second-order valence-electron chi connectivity index (χ2n) is 8.18. The molecule has 1 fully saturated rings. The molecule has 1 heterocycles. The Labute approximate surface area is 184 Å². The van der Waals surface area contributed by atoms with E-state index >= 15 is 0 Å². The minimum Gasteiger partial charge on any atom is -0.507 e. The number of benzene rings is 2. The van der Waals surface area contributed by atoms with Gasteiger partial charge < -0.3 is 15.5 Å². The van der Waals surface area contributed by atoms with E-state index in [2.05, 4.69) is 10.3 Å². The summed E-state index contributed by atoms with van der Waals surface area (Å²) in [5.41, 5.74) is 0.999. The van der Waals surface area contributed by atoms with E-state index < -0.39 is 17.6 Å². The molecule has 5 nitrogen and oxygen atoms in total. The number of aromatic hydroxyl groups is 1. The average molecular weight is 438 g/mol. The molecule has 0 radical (unpaired) electrons. The van der Waals surface area contributed by atoms with Crippen LogP contribution in [0.25, 0.3) is 22.4 Å². The van der Waals surface area contributed by atoms with Gasteiger partial charge in [0.1, 0.15) is 23.2 Å². The van der Waals surface area contributed by atoms with E-state index in [0.29, 0.717) is 42.0 Å². The Balaban J connectivity index is 1.64. The molecule has 3 aromatic rings. The molecule has 7 heteroatoms. The van der Waals surface area contributed by atoms with Crippen molar-refractivity contribution in [2.24, 2.45) is 11.8 Å². The lowest BCUT2D eigenvalue weighted by Gasteiger charge is -2.26. The molecule has 32 heavy (non-hydrogen) atoms. The summed E-state index contributed by atoms with van der Waals surface area (Å²) in [5, 5.41) is 22.7. The van der Waals surface area contributed by atoms with Crippen molar-refractivity contribution in [2.75, 3.05) is 11.9 Å². The van der Waals surface area contributed by atoms with Crippen molar-refractivity contribution < 1.29 is 23.8 Å². The highest BCUT2D eigenvalue weighted by atomic mass is 19.1. The molecule has 0 bridgehead atoms. The van der Waals surface area contributed by atoms with Crippen LogP contribution in [0.2, 0.25) is 0 Å². The number of aliphatic carboxylic acids is 1. The fraction of sp³-hybridized carbons (Fsp3) is 0.280. The minimum absolute atomic E-state index is 0.0177. The maximum Gasteiger partial charge on any atom is 0.306 e. The Morgan fingerprint density at radius 3 is 2.34 bits per heavy atom. The van der Waals surface area contributed by atoms with Crippen LogP contribution in [-0.2, 0) is 4.79 Å². The van der Waals surface area contributed by atoms with Crippen LogP contribution in [0.15, 0.2) is 54.6 Å². The third-order valence-electron chi connectivity index (χ3n) is 6.02. The van der Waals surface area contributed by atoms with Gasteiger partial charge in [-0.15, -0.1) is 0 Å². The van der Waals surface area contributed by atoms with Crippen molar-refractivity contribution in [1.29, 1.82) is 0 Å². The molecular formula is C25H24F2N2O3. The highest BCUT2D eigenvalue weighted by Gasteiger charge is 2.26. The van der Waals surface area contributed by atoms with Crippen LogP contribution in [0, 0.1) is 23.5 Å². The van der Waals surface area contributed by atoms with Gasteiger partial charge in [0.2, 0.25) is 0 Å². The van der Waals surface area contributed by atoms with E-state index in [1.807, 2.05) is 0 Å². The molecule has 0 amide bonds. The normalized spacial score (nSPS) is 18.3. The number of carboxylic acids is 1. The quantitative estimate of drug-likeness (QED) is 0.460. The predicted octanol–water partition coefficient (Wildman–Crippen LogP) is 5.70. The number of nitrogens with one attached hydrogen (secondary N) is 1. The van der Waals surface area contributed by atoms with Crippen LogP contribution in [0.1, 0.15) is 25.7 Å². The van der Waals surface area contributed by atoms with Crippen molar-refractivity contribution in [3.63, 3.8) is 0 Å². The minimum atomic E-state index is -0.745. The van der Waals surface area contributed by atoms with Gasteiger partial charge >= 0.3 is 5.97 Å². The second kappa shape index (κ2) is 9.34. The summed E-state index contributed by atoms with van der Waals surface area (Å²) in [6.07, 6.45) is 2.85. The average Bonchev–Trinajstić information content (AvgIpc) is 2.78. The van der Waals surface area contributed by atoms with E-state index in [1.165, 1.54) is 24.3 Å². The standard InChI is InChI=1S/C25H24F2N2O3/c26-19-5-3-6-20(27)24(19)17-12-21(18-4-1-2-7-22(18)30)29-23(13-17)28-14-15-8-10-16(11-9-15)25(31)32/h1-7,12-13,15-16,30H,8-11,14H2,(H,28,29)(H,31,32). The van der Waals surface area contributed by atoms with Gasteiger partial charge in [-0.05, 0) is 73.6 Å². The number of hydrogen-bond donors (Lipinski definition) is 3. The van der Waals surface area contributed by atoms with Crippen molar-refractivity contribution in [2.45, 2.75) is 25.7 Å². The fourth-order valence-corrected chi connectivity index (χ4v) is 4.23. The molecule has 0 spiro atoms. The lowest BCUT2D eigenvalue weighted by molar-refractivity contribution is -0.143. The number of phenols is 1. The van der Waals surface area contributed by atoms with E-state index in [9.17, 15) is 18.7 Å². The summed E-state index contributed by atoms with van der Waals surface area (Å²) in [6.45, 7) is 0.572. The summed E-state index contributed by atoms with van der Waals surface area (Å²) < 4.78 is 29.0. The lowest BCUT2D eigenvalue weighted by Crippen LogP contribution is -2.25. The van der Waals surface area contributed by atoms with Crippen molar-refractivity contribution in [3.8, 4) is 28.1 Å². The van der Waals surface area contributed by atoms with E-state index in [1.54, 1.807) is 30.3 Å². The highest BCUT2D eigenvalue weighted by Crippen LogP contribution is 2.35. The number of nitrogens with zero attached hydrogens (tertiary/aromatic N) is 1. The van der Waals surface area contributed by atoms with Gasteiger partial charge in [0.05, 0.1) is 17.2 Å². The molecule has 0 saturated heterocycles. The molecule has 0 unspecified atom stereocenters. The molecule has 0 atom stereocenters. The number of rotatable bonds is 6. The SMILES string of the molecule is O=C(O)C1CCC(CNc2cc(-c3c(F)cccc3F)cc(-c3ccccc3O)n2)CC1. The zero-order chi connectivity index (χ0) is 22.7. The molecule has 3 N–H and O–H groups in total. The molecule has 4 rings (SSSR count). The summed E-state index contributed by atoms with van der Waals surface area (Å²) in [7, 11) is 0. The highest BCUT2D eigenvalue weighted by molar-refractivity contribution is 5.76. The molecule has 2 aromatic carbocycles. The van der Waals surface area contributed by atoms with Crippen LogP contribution >= 0.6 is 0 Å². The lowest BCUT2D eigenvalue weighted by atomic mass is 9.82. The summed E-state index contributed by atoms with van der Waals surface area (Å²) in [5.74, 6) is -1.66. The first kappa shape index (κ1) is 21.7. The molecule has 1 aliphatic carbocycles. The van der Waals surface area contributed by atoms with E-state index in [0.717, 1.165) is 12.8 Å². The van der Waals surface area contributed by atoms with Gasteiger partial charge in [0.15, 0.2) is 0 Å². The third-order valence-corrected chi connectivity index (χ3v) is 6.02. The predicted molar refractivity (Wildman–Crippen MR) is 118 cm³/mol. The van der Waals surface area contributed by atoms with E-state index in [-0.39, 0.29) is 23.1 Å². The number of anilines is 1. The number of halogens is 2. The van der Waals surface area contributed by atoms with E-state index in [4.69, 9.17) is 5.11 Å². The Morgan fingerprint density at radius 1 is 1.00 bits per heavy atom. The Kier molecular flexibility index (Phi) is 6.35. The monoisotopic (exact) mass is 438 g/mol. The smallest absolute Gasteiger partial charge is 0.306 e. The van der Waals surface area contributed by atoms with Gasteiger partial charge in [-0.2, -0.15) is 0 Å². The number of para-hydroxylation sites is 1. The first-order valence-corrected chi connectivity index (χ1v) is 10.6. The number of aromatic nitrogens is 1. The van der Waals surface area contributed by atoms with Gasteiger partial charge in [0, 0.05) is 12.1 Å². The van der Waals surface area contributed by atoms with Crippen LogP contribution in [0.3, 0.4) is 0 Å². The van der Waals surface area contributed by atoms with Crippen molar-refractivity contribution in [1.82, 2.24) is 4.98 Å². The number of pyridine rings is 1. The fourth-order valence-electron chi connectivity index (χ4n) is 4.23. The number of hydrogen-bond acceptors (Lipinski definition) is 4. The summed E-state index contributed by atoms with van der Waals surface area (Å²) in [6, 6.07) is 13.5. The molecule has 1 aliphatic rings. The largest absolute Gasteiger partial charge is 0.507 e. The zero-order valence-electron chi connectivity index (χ0n) is 17.4. The molecular weight excluding hydrogens is 414 g/mol. The van der Waals surface area contributed by atoms with Crippen LogP contribution < -0.4 is 5.32 Å². The number of phenolic OH excluding ortho intramolecular Hbond substituents is 1. The van der Waals surface area contributed by atoms with Crippen LogP contribution in [-0.4, -0.2) is 27.7 Å². The summed E-state index contributed by atoms with van der Waals surface area (Å²) in [4.78, 5) is 15.7. The topological polar surface area (TPSA) is 82.5 Å². The third kappa shape index (κ3) is 4.72. The first-order chi connectivity index (χ1) is 15.4. The number of carbonyl (C=O) groups is 1. The maximum atomic E-state index is 14.5. The molecule has 0 aliphatic heterocycles. The van der Waals surface area contributed by atoms with Crippen LogP contribution in [0.4, 0.5) is 14.6 Å². The number of carboxylic acid groups (broad SMARTS) is 1. The molecule has 166 valence electrons. The van der Waals surface area contributed by atoms with Gasteiger partial charge in [-0.25, -0.2) is 13.8 Å². The van der Waals surface area contributed by atoms with Crippen LogP contribution in [0.5, 0.6) is 5.75 Å². The Hall–Kier alpha value is -3.48. The van der Waals surface area contributed by atoms with Gasteiger partial charge in [-0.1, -0.05) is 18.2 Å². The second-order valence-corrected chi connectivity index (χ2v) is 8.18. The van der Waals surface area contributed by atoms with Gasteiger partial charge in [-0.3, -0.25) is 4.79 Å². The Morgan fingerprint density at radius 2 is 1.69 bits per heavy atom. The molecule has 1 saturated carbocycles. The zero-order valence-corrected chi connectivity index (χ0v) is 17.4.